The molecule has 1 aliphatic heterocycles. The third-order valence-electron chi connectivity index (χ3n) is 4.73. The van der Waals surface area contributed by atoms with Gasteiger partial charge < -0.3 is 4.90 Å². The fourth-order valence-electron chi connectivity index (χ4n) is 3.51. The molecule has 1 fully saturated rings. The largest absolute Gasteiger partial charge is 0.342 e. The summed E-state index contributed by atoms with van der Waals surface area (Å²) in [5.41, 5.74) is 2.63. The molecule has 0 atom stereocenters. The van der Waals surface area contributed by atoms with Gasteiger partial charge in [-0.15, -0.1) is 10.2 Å². The molecule has 2 aromatic carbocycles. The Morgan fingerprint density at radius 1 is 0.880 bits per heavy atom. The maximum atomic E-state index is 6.43. The summed E-state index contributed by atoms with van der Waals surface area (Å²) >= 11 is 6.43. The zero-order valence-electron chi connectivity index (χ0n) is 13.6. The molecule has 124 valence electrons. The molecule has 5 rings (SSSR count). The van der Waals surface area contributed by atoms with E-state index in [2.05, 4.69) is 19.5 Å². The van der Waals surface area contributed by atoms with Crippen LogP contribution in [0.2, 0.25) is 5.02 Å². The molecule has 6 heteroatoms. The minimum absolute atomic E-state index is 0.664. The summed E-state index contributed by atoms with van der Waals surface area (Å²) in [5.74, 6) is 1.63. The number of nitrogens with zero attached hydrogens (tertiary/aromatic N) is 5. The van der Waals surface area contributed by atoms with Gasteiger partial charge in [-0.05, 0) is 37.1 Å². The number of aromatic nitrogens is 4. The molecule has 0 amide bonds. The lowest BCUT2D eigenvalue weighted by Gasteiger charge is -2.19. The molecule has 0 unspecified atom stereocenters. The van der Waals surface area contributed by atoms with Crippen molar-refractivity contribution in [3.63, 3.8) is 0 Å². The second-order valence-corrected chi connectivity index (χ2v) is 6.69. The number of para-hydroxylation sites is 1. The van der Waals surface area contributed by atoms with Crippen molar-refractivity contribution in [1.29, 1.82) is 0 Å². The van der Waals surface area contributed by atoms with Crippen molar-refractivity contribution < 1.29 is 0 Å². The van der Waals surface area contributed by atoms with Crippen LogP contribution >= 0.6 is 11.6 Å². The van der Waals surface area contributed by atoms with E-state index in [0.29, 0.717) is 5.02 Å². The molecule has 2 aromatic heterocycles. The van der Waals surface area contributed by atoms with E-state index >= 15 is 0 Å². The van der Waals surface area contributed by atoms with Crippen molar-refractivity contribution in [2.75, 3.05) is 18.0 Å². The molecular formula is C19H16ClN5. The highest BCUT2D eigenvalue weighted by Crippen LogP contribution is 2.32. The zero-order valence-corrected chi connectivity index (χ0v) is 14.3. The molecule has 4 aromatic rings. The quantitative estimate of drug-likeness (QED) is 0.544. The summed E-state index contributed by atoms with van der Waals surface area (Å²) in [4.78, 5) is 7.25. The lowest BCUT2D eigenvalue weighted by Crippen LogP contribution is -2.22. The first-order valence-electron chi connectivity index (χ1n) is 8.46. The van der Waals surface area contributed by atoms with Crippen LogP contribution in [0.1, 0.15) is 12.8 Å². The van der Waals surface area contributed by atoms with Gasteiger partial charge in [0, 0.05) is 24.0 Å². The first-order valence-corrected chi connectivity index (χ1v) is 8.84. The maximum Gasteiger partial charge on any atom is 0.213 e. The predicted octanol–water partition coefficient (Wildman–Crippen LogP) is 4.20. The minimum Gasteiger partial charge on any atom is -0.342 e. The van der Waals surface area contributed by atoms with Gasteiger partial charge in [-0.3, -0.25) is 0 Å². The van der Waals surface area contributed by atoms with Crippen LogP contribution in [-0.2, 0) is 0 Å². The Hall–Kier alpha value is -2.66. The Labute approximate surface area is 149 Å². The van der Waals surface area contributed by atoms with Gasteiger partial charge in [-0.25, -0.2) is 9.38 Å². The van der Waals surface area contributed by atoms with E-state index in [1.807, 2.05) is 48.5 Å². The van der Waals surface area contributed by atoms with Crippen LogP contribution in [0.5, 0.6) is 0 Å². The van der Waals surface area contributed by atoms with Gasteiger partial charge in [0.25, 0.3) is 0 Å². The molecule has 0 radical (unpaired) electrons. The van der Waals surface area contributed by atoms with Crippen molar-refractivity contribution in [3.05, 3.63) is 53.6 Å². The van der Waals surface area contributed by atoms with Crippen LogP contribution in [0.25, 0.3) is 27.9 Å². The second-order valence-electron chi connectivity index (χ2n) is 6.29. The summed E-state index contributed by atoms with van der Waals surface area (Å²) in [6.45, 7) is 2.00. The third-order valence-corrected chi connectivity index (χ3v) is 5.06. The molecule has 1 saturated heterocycles. The fraction of sp³-hybridized carbons (Fsp3) is 0.211. The number of hydrogen-bond acceptors (Lipinski definition) is 4. The van der Waals surface area contributed by atoms with Crippen molar-refractivity contribution in [2.24, 2.45) is 0 Å². The molecule has 1 aliphatic rings. The van der Waals surface area contributed by atoms with Crippen LogP contribution in [-0.4, -0.2) is 32.7 Å². The average molecular weight is 350 g/mol. The fourth-order valence-corrected chi connectivity index (χ4v) is 3.73. The van der Waals surface area contributed by atoms with Crippen LogP contribution in [0.3, 0.4) is 0 Å². The van der Waals surface area contributed by atoms with Crippen LogP contribution in [0.15, 0.2) is 48.5 Å². The summed E-state index contributed by atoms with van der Waals surface area (Å²) < 4.78 is 2.05. The molecule has 3 heterocycles. The SMILES string of the molecule is Clc1ccccc1-c1nnc2c3ccccc3nc(N3CCCC3)n12. The van der Waals surface area contributed by atoms with Gasteiger partial charge in [0.1, 0.15) is 0 Å². The predicted molar refractivity (Wildman–Crippen MR) is 100 cm³/mol. The second kappa shape index (κ2) is 5.70. The highest BCUT2D eigenvalue weighted by atomic mass is 35.5. The Morgan fingerprint density at radius 3 is 2.48 bits per heavy atom. The molecule has 5 nitrogen and oxygen atoms in total. The Morgan fingerprint density at radius 2 is 1.64 bits per heavy atom. The highest BCUT2D eigenvalue weighted by Gasteiger charge is 2.23. The van der Waals surface area contributed by atoms with Gasteiger partial charge >= 0.3 is 0 Å². The first kappa shape index (κ1) is 14.7. The number of fused-ring (bicyclic) bond motifs is 3. The van der Waals surface area contributed by atoms with Crippen molar-refractivity contribution in [3.8, 4) is 11.4 Å². The first-order chi connectivity index (χ1) is 12.3. The zero-order chi connectivity index (χ0) is 16.8. The van der Waals surface area contributed by atoms with Crippen molar-refractivity contribution in [1.82, 2.24) is 19.6 Å². The number of rotatable bonds is 2. The lowest BCUT2D eigenvalue weighted by atomic mass is 10.2. The topological polar surface area (TPSA) is 46.3 Å². The highest BCUT2D eigenvalue weighted by molar-refractivity contribution is 6.33. The molecule has 0 aliphatic carbocycles. The molecule has 25 heavy (non-hydrogen) atoms. The van der Waals surface area contributed by atoms with Gasteiger partial charge in [-0.1, -0.05) is 35.9 Å². The van der Waals surface area contributed by atoms with Gasteiger partial charge in [0.15, 0.2) is 11.5 Å². The summed E-state index contributed by atoms with van der Waals surface area (Å²) in [5, 5.41) is 10.6. The summed E-state index contributed by atoms with van der Waals surface area (Å²) in [6, 6.07) is 15.8. The molecule has 0 N–H and O–H groups in total. The van der Waals surface area contributed by atoms with Gasteiger partial charge in [-0.2, -0.15) is 0 Å². The normalized spacial score (nSPS) is 14.7. The van der Waals surface area contributed by atoms with Crippen molar-refractivity contribution in [2.45, 2.75) is 12.8 Å². The Balaban J connectivity index is 1.88. The van der Waals surface area contributed by atoms with E-state index in [1.54, 1.807) is 0 Å². The molecule has 0 saturated carbocycles. The maximum absolute atomic E-state index is 6.43. The van der Waals surface area contributed by atoms with Gasteiger partial charge in [0.2, 0.25) is 5.95 Å². The molecular weight excluding hydrogens is 334 g/mol. The molecule has 0 spiro atoms. The lowest BCUT2D eigenvalue weighted by molar-refractivity contribution is 0.887. The van der Waals surface area contributed by atoms with Gasteiger partial charge in [0.05, 0.1) is 10.5 Å². The molecule has 0 bridgehead atoms. The summed E-state index contributed by atoms with van der Waals surface area (Å²) in [6.07, 6.45) is 2.36. The van der Waals surface area contributed by atoms with Crippen LogP contribution in [0, 0.1) is 0 Å². The van der Waals surface area contributed by atoms with E-state index in [0.717, 1.165) is 47.0 Å². The Kier molecular flexibility index (Phi) is 3.35. The Bertz CT molecular complexity index is 1080. The van der Waals surface area contributed by atoms with E-state index in [-0.39, 0.29) is 0 Å². The van der Waals surface area contributed by atoms with E-state index in [1.165, 1.54) is 12.8 Å². The summed E-state index contributed by atoms with van der Waals surface area (Å²) in [7, 11) is 0. The average Bonchev–Trinajstić information content (AvgIpc) is 3.32. The van der Waals surface area contributed by atoms with E-state index < -0.39 is 0 Å². The van der Waals surface area contributed by atoms with E-state index in [9.17, 15) is 0 Å². The number of hydrogen-bond donors (Lipinski definition) is 0. The monoisotopic (exact) mass is 349 g/mol. The standard InChI is InChI=1S/C19H16ClN5/c20-15-9-3-1-7-13(15)17-22-23-18-14-8-2-4-10-16(14)21-19(25(17)18)24-11-5-6-12-24/h1-4,7-10H,5-6,11-12H2. The van der Waals surface area contributed by atoms with Crippen LogP contribution < -0.4 is 4.90 Å². The number of benzene rings is 2. The number of anilines is 1. The van der Waals surface area contributed by atoms with Crippen molar-refractivity contribution >= 4 is 34.1 Å². The smallest absolute Gasteiger partial charge is 0.213 e. The van der Waals surface area contributed by atoms with Crippen LogP contribution in [0.4, 0.5) is 5.95 Å². The number of halogens is 1. The van der Waals surface area contributed by atoms with E-state index in [4.69, 9.17) is 16.6 Å². The third kappa shape index (κ3) is 2.27. The minimum atomic E-state index is 0.664.